The molecular weight excluding hydrogens is 364 g/mol. The van der Waals surface area contributed by atoms with Gasteiger partial charge in [0.1, 0.15) is 0 Å². The number of hydrogen-bond acceptors (Lipinski definition) is 2. The molecule has 3 aromatic carbocycles. The van der Waals surface area contributed by atoms with Gasteiger partial charge in [0, 0.05) is 34.3 Å². The molecule has 0 saturated carbocycles. The number of pyridine rings is 2. The van der Waals surface area contributed by atoms with Crippen LogP contribution in [0.2, 0.25) is 0 Å². The Bertz CT molecular complexity index is 1310. The summed E-state index contributed by atoms with van der Waals surface area (Å²) in [6, 6.07) is 21.2. The first kappa shape index (κ1) is 18.5. The lowest BCUT2D eigenvalue weighted by molar-refractivity contribution is 1.22. The van der Waals surface area contributed by atoms with Crippen molar-refractivity contribution >= 4 is 21.8 Å². The van der Waals surface area contributed by atoms with Gasteiger partial charge in [-0.1, -0.05) is 48.5 Å². The summed E-state index contributed by atoms with van der Waals surface area (Å²) in [7, 11) is 0. The molecule has 0 saturated heterocycles. The lowest BCUT2D eigenvalue weighted by Crippen LogP contribution is -2.01. The quantitative estimate of drug-likeness (QED) is 0.316. The fourth-order valence-corrected chi connectivity index (χ4v) is 4.60. The molecule has 0 aliphatic carbocycles. The highest BCUT2D eigenvalue weighted by atomic mass is 14.7. The average Bonchev–Trinajstić information content (AvgIpc) is 2.79. The molecule has 0 N–H and O–H groups in total. The predicted molar refractivity (Wildman–Crippen MR) is 127 cm³/mol. The summed E-state index contributed by atoms with van der Waals surface area (Å²) in [5, 5.41) is 2.32. The third-order valence-electron chi connectivity index (χ3n) is 6.49. The van der Waals surface area contributed by atoms with Crippen LogP contribution in [0, 0.1) is 27.7 Å². The maximum atomic E-state index is 4.76. The number of fused-ring (bicyclic) bond motifs is 2. The summed E-state index contributed by atoms with van der Waals surface area (Å²) in [5.41, 5.74) is 12.3. The molecule has 2 aromatic heterocycles. The molecule has 0 radical (unpaired) electrons. The van der Waals surface area contributed by atoms with E-state index in [0.717, 1.165) is 21.8 Å². The first-order valence-electron chi connectivity index (χ1n) is 10.4. The Morgan fingerprint density at radius 2 is 0.867 bits per heavy atom. The van der Waals surface area contributed by atoms with E-state index in [4.69, 9.17) is 9.97 Å². The van der Waals surface area contributed by atoms with Crippen LogP contribution in [0.5, 0.6) is 0 Å². The van der Waals surface area contributed by atoms with Gasteiger partial charge in [-0.15, -0.1) is 0 Å². The van der Waals surface area contributed by atoms with E-state index >= 15 is 0 Å². The van der Waals surface area contributed by atoms with E-state index in [9.17, 15) is 0 Å². The minimum absolute atomic E-state index is 1.04. The maximum absolute atomic E-state index is 4.76. The van der Waals surface area contributed by atoms with Crippen molar-refractivity contribution < 1.29 is 0 Å². The highest BCUT2D eigenvalue weighted by molar-refractivity contribution is 6.05. The van der Waals surface area contributed by atoms with Gasteiger partial charge in [0.25, 0.3) is 0 Å². The molecular formula is C28H24N2. The normalized spacial score (nSPS) is 11.3. The number of nitrogens with zero attached hydrogens (tertiary/aromatic N) is 2. The van der Waals surface area contributed by atoms with Crippen molar-refractivity contribution in [1.82, 2.24) is 9.97 Å². The Balaban J connectivity index is 1.98. The second-order valence-corrected chi connectivity index (χ2v) is 8.01. The van der Waals surface area contributed by atoms with Crippen LogP contribution < -0.4 is 0 Å². The van der Waals surface area contributed by atoms with Crippen LogP contribution in [0.3, 0.4) is 0 Å². The van der Waals surface area contributed by atoms with E-state index in [1.165, 1.54) is 44.5 Å². The van der Waals surface area contributed by atoms with Gasteiger partial charge in [0.2, 0.25) is 0 Å². The van der Waals surface area contributed by atoms with Crippen LogP contribution in [-0.4, -0.2) is 9.97 Å². The van der Waals surface area contributed by atoms with E-state index in [1.807, 2.05) is 24.5 Å². The standard InChI is InChI=1S/C28H24N2/c1-17-18(2)20(4)26(24-14-6-10-22-12-8-16-30-28(22)24)25(19(17)3)23-13-5-9-21-11-7-15-29-27(21)23/h5-16H,1-4H3. The largest absolute Gasteiger partial charge is 0.256 e. The first-order chi connectivity index (χ1) is 14.6. The van der Waals surface area contributed by atoms with Gasteiger partial charge in [-0.25, -0.2) is 0 Å². The number of para-hydroxylation sites is 2. The van der Waals surface area contributed by atoms with Gasteiger partial charge in [-0.3, -0.25) is 9.97 Å². The Morgan fingerprint density at radius 3 is 1.30 bits per heavy atom. The van der Waals surface area contributed by atoms with E-state index in [-0.39, 0.29) is 0 Å². The monoisotopic (exact) mass is 388 g/mol. The van der Waals surface area contributed by atoms with Crippen LogP contribution in [0.1, 0.15) is 22.3 Å². The summed E-state index contributed by atoms with van der Waals surface area (Å²) in [6.07, 6.45) is 3.77. The van der Waals surface area contributed by atoms with E-state index < -0.39 is 0 Å². The maximum Gasteiger partial charge on any atom is 0.0780 e. The summed E-state index contributed by atoms with van der Waals surface area (Å²) in [4.78, 5) is 9.52. The smallest absolute Gasteiger partial charge is 0.0780 e. The number of hydrogen-bond donors (Lipinski definition) is 0. The minimum Gasteiger partial charge on any atom is -0.256 e. The van der Waals surface area contributed by atoms with Crippen molar-refractivity contribution in [2.45, 2.75) is 27.7 Å². The van der Waals surface area contributed by atoms with Gasteiger partial charge in [-0.2, -0.15) is 0 Å². The van der Waals surface area contributed by atoms with Gasteiger partial charge in [-0.05, 0) is 73.2 Å². The van der Waals surface area contributed by atoms with E-state index in [0.29, 0.717) is 0 Å². The predicted octanol–water partition coefficient (Wildman–Crippen LogP) is 7.35. The Labute approximate surface area is 177 Å². The Morgan fingerprint density at radius 1 is 0.467 bits per heavy atom. The van der Waals surface area contributed by atoms with Crippen molar-refractivity contribution in [3.63, 3.8) is 0 Å². The number of rotatable bonds is 2. The van der Waals surface area contributed by atoms with Gasteiger partial charge in [0.05, 0.1) is 11.0 Å². The molecule has 0 aliphatic rings. The molecule has 0 atom stereocenters. The molecule has 0 bridgehead atoms. The van der Waals surface area contributed by atoms with Gasteiger partial charge in [0.15, 0.2) is 0 Å². The molecule has 5 rings (SSSR count). The van der Waals surface area contributed by atoms with Gasteiger partial charge < -0.3 is 0 Å². The fourth-order valence-electron chi connectivity index (χ4n) is 4.60. The highest BCUT2D eigenvalue weighted by Gasteiger charge is 2.21. The summed E-state index contributed by atoms with van der Waals surface area (Å²) in [5.74, 6) is 0. The Hall–Kier alpha value is -3.52. The molecule has 0 spiro atoms. The highest BCUT2D eigenvalue weighted by Crippen LogP contribution is 2.44. The number of aromatic nitrogens is 2. The molecule has 0 amide bonds. The molecule has 0 unspecified atom stereocenters. The summed E-state index contributed by atoms with van der Waals surface area (Å²) < 4.78 is 0. The van der Waals surface area contributed by atoms with Crippen molar-refractivity contribution in [1.29, 1.82) is 0 Å². The van der Waals surface area contributed by atoms with Crippen molar-refractivity contribution in [2.24, 2.45) is 0 Å². The molecule has 2 heterocycles. The van der Waals surface area contributed by atoms with Crippen molar-refractivity contribution in [2.75, 3.05) is 0 Å². The summed E-state index contributed by atoms with van der Waals surface area (Å²) in [6.45, 7) is 8.93. The van der Waals surface area contributed by atoms with Crippen LogP contribution in [0.15, 0.2) is 73.1 Å². The third-order valence-corrected chi connectivity index (χ3v) is 6.49. The molecule has 2 nitrogen and oxygen atoms in total. The lowest BCUT2D eigenvalue weighted by Gasteiger charge is -2.23. The molecule has 5 aromatic rings. The second-order valence-electron chi connectivity index (χ2n) is 8.01. The minimum atomic E-state index is 1.04. The first-order valence-corrected chi connectivity index (χ1v) is 10.4. The third kappa shape index (κ3) is 2.72. The van der Waals surface area contributed by atoms with Crippen molar-refractivity contribution in [3.8, 4) is 22.3 Å². The summed E-state index contributed by atoms with van der Waals surface area (Å²) >= 11 is 0. The molecule has 2 heteroatoms. The fraction of sp³-hybridized carbons (Fsp3) is 0.143. The van der Waals surface area contributed by atoms with Crippen LogP contribution in [0.4, 0.5) is 0 Å². The zero-order valence-electron chi connectivity index (χ0n) is 17.8. The second kappa shape index (κ2) is 7.07. The topological polar surface area (TPSA) is 25.8 Å². The van der Waals surface area contributed by atoms with E-state index in [1.54, 1.807) is 0 Å². The van der Waals surface area contributed by atoms with Gasteiger partial charge >= 0.3 is 0 Å². The van der Waals surface area contributed by atoms with Crippen LogP contribution in [-0.2, 0) is 0 Å². The molecule has 146 valence electrons. The average molecular weight is 389 g/mol. The Kier molecular flexibility index (Phi) is 4.36. The number of benzene rings is 3. The zero-order valence-corrected chi connectivity index (χ0v) is 17.8. The van der Waals surface area contributed by atoms with Crippen LogP contribution in [0.25, 0.3) is 44.1 Å². The molecule has 0 aliphatic heterocycles. The molecule has 30 heavy (non-hydrogen) atoms. The zero-order chi connectivity index (χ0) is 20.8. The van der Waals surface area contributed by atoms with Crippen molar-refractivity contribution in [3.05, 3.63) is 95.3 Å². The van der Waals surface area contributed by atoms with Crippen LogP contribution >= 0.6 is 0 Å². The molecule has 0 fully saturated rings. The lowest BCUT2D eigenvalue weighted by atomic mass is 9.81. The SMILES string of the molecule is Cc1c(C)c(C)c(-c2cccc3cccnc23)c(-c2cccc3cccnc23)c1C. The van der Waals surface area contributed by atoms with E-state index in [2.05, 4.69) is 76.2 Å².